The molecule has 0 aromatic carbocycles. The molecule has 0 aliphatic rings. The summed E-state index contributed by atoms with van der Waals surface area (Å²) in [6, 6.07) is 0. The highest BCUT2D eigenvalue weighted by atomic mass is 15.5. The maximum absolute atomic E-state index is 3.30. The van der Waals surface area contributed by atoms with Gasteiger partial charge in [0.2, 0.25) is 0 Å². The number of hydrogen-bond acceptors (Lipinski definition) is 2. The van der Waals surface area contributed by atoms with E-state index in [0.29, 0.717) is 0 Å². The maximum atomic E-state index is 3.30. The van der Waals surface area contributed by atoms with Gasteiger partial charge in [-0.3, -0.25) is 5.43 Å². The van der Waals surface area contributed by atoms with E-state index >= 15 is 0 Å². The highest BCUT2D eigenvalue weighted by Gasteiger charge is 2.01. The number of hydrazine groups is 1. The molecule has 0 saturated heterocycles. The van der Waals surface area contributed by atoms with Gasteiger partial charge < -0.3 is 0 Å². The number of rotatable bonds is 5. The van der Waals surface area contributed by atoms with Gasteiger partial charge in [-0.1, -0.05) is 27.7 Å². The first-order chi connectivity index (χ1) is 4.70. The van der Waals surface area contributed by atoms with Crippen molar-refractivity contribution in [3.8, 4) is 0 Å². The maximum Gasteiger partial charge on any atom is 0.0153 e. The van der Waals surface area contributed by atoms with E-state index in [9.17, 15) is 0 Å². The topological polar surface area (TPSA) is 15.3 Å². The molecule has 0 aliphatic heterocycles. The van der Waals surface area contributed by atoms with Crippen molar-refractivity contribution in [2.45, 2.75) is 27.7 Å². The van der Waals surface area contributed by atoms with E-state index in [4.69, 9.17) is 0 Å². The van der Waals surface area contributed by atoms with Crippen molar-refractivity contribution in [2.24, 2.45) is 5.92 Å². The van der Waals surface area contributed by atoms with Crippen molar-refractivity contribution in [3.63, 3.8) is 0 Å². The van der Waals surface area contributed by atoms with Gasteiger partial charge in [0.1, 0.15) is 0 Å². The van der Waals surface area contributed by atoms with Gasteiger partial charge in [0, 0.05) is 19.6 Å². The second-order valence-corrected chi connectivity index (χ2v) is 2.94. The predicted molar refractivity (Wildman–Crippen MR) is 45.8 cm³/mol. The Morgan fingerprint density at radius 3 is 2.20 bits per heavy atom. The van der Waals surface area contributed by atoms with Crippen molar-refractivity contribution in [1.29, 1.82) is 0 Å². The van der Waals surface area contributed by atoms with E-state index in [1.165, 1.54) is 0 Å². The lowest BCUT2D eigenvalue weighted by Crippen LogP contribution is -2.39. The van der Waals surface area contributed by atoms with Crippen LogP contribution in [-0.2, 0) is 0 Å². The van der Waals surface area contributed by atoms with Gasteiger partial charge in [0.25, 0.3) is 0 Å². The highest BCUT2D eigenvalue weighted by molar-refractivity contribution is 4.51. The van der Waals surface area contributed by atoms with E-state index in [1.54, 1.807) is 0 Å². The van der Waals surface area contributed by atoms with Crippen molar-refractivity contribution in [2.75, 3.05) is 19.6 Å². The van der Waals surface area contributed by atoms with Crippen LogP contribution in [0.5, 0.6) is 0 Å². The monoisotopic (exact) mass is 144 g/mol. The van der Waals surface area contributed by atoms with Crippen LogP contribution in [0.1, 0.15) is 27.7 Å². The van der Waals surface area contributed by atoms with Crippen molar-refractivity contribution >= 4 is 0 Å². The molecular formula is C8H20N2. The molecule has 0 spiro atoms. The first-order valence-electron chi connectivity index (χ1n) is 4.19. The van der Waals surface area contributed by atoms with Gasteiger partial charge in [-0.15, -0.1) is 0 Å². The fourth-order valence-corrected chi connectivity index (χ4v) is 0.970. The summed E-state index contributed by atoms with van der Waals surface area (Å²) in [6.07, 6.45) is 0. The summed E-state index contributed by atoms with van der Waals surface area (Å²) in [4.78, 5) is 0. The summed E-state index contributed by atoms with van der Waals surface area (Å²) in [7, 11) is 0. The molecule has 0 radical (unpaired) electrons. The number of nitrogens with one attached hydrogen (secondary N) is 1. The van der Waals surface area contributed by atoms with Crippen molar-refractivity contribution < 1.29 is 0 Å². The van der Waals surface area contributed by atoms with Gasteiger partial charge in [-0.25, -0.2) is 5.01 Å². The first-order valence-corrected chi connectivity index (χ1v) is 4.19. The quantitative estimate of drug-likeness (QED) is 0.588. The van der Waals surface area contributed by atoms with E-state index in [0.717, 1.165) is 25.6 Å². The summed E-state index contributed by atoms with van der Waals surface area (Å²) in [5, 5.41) is 2.25. The summed E-state index contributed by atoms with van der Waals surface area (Å²) < 4.78 is 0. The first kappa shape index (κ1) is 9.92. The lowest BCUT2D eigenvalue weighted by atomic mass is 10.2. The van der Waals surface area contributed by atoms with Crippen LogP contribution < -0.4 is 5.43 Å². The zero-order chi connectivity index (χ0) is 7.98. The normalized spacial score (nSPS) is 11.4. The fraction of sp³-hybridized carbons (Fsp3) is 1.00. The van der Waals surface area contributed by atoms with Gasteiger partial charge >= 0.3 is 0 Å². The predicted octanol–water partition coefficient (Wildman–Crippen LogP) is 1.49. The standard InChI is InChI=1S/C8H20N2/c1-5-9-10(6-2)7-8(3)4/h8-9H,5-7H2,1-4H3. The lowest BCUT2D eigenvalue weighted by Gasteiger charge is -2.22. The Morgan fingerprint density at radius 2 is 1.90 bits per heavy atom. The molecule has 0 bridgehead atoms. The molecule has 2 heteroatoms. The lowest BCUT2D eigenvalue weighted by molar-refractivity contribution is 0.180. The molecule has 0 aromatic rings. The summed E-state index contributed by atoms with van der Waals surface area (Å²) in [6.45, 7) is 12.0. The molecule has 1 N–H and O–H groups in total. The smallest absolute Gasteiger partial charge is 0.0153 e. The molecule has 2 nitrogen and oxygen atoms in total. The van der Waals surface area contributed by atoms with Crippen LogP contribution >= 0.6 is 0 Å². The van der Waals surface area contributed by atoms with Crippen LogP contribution in [0.15, 0.2) is 0 Å². The third kappa shape index (κ3) is 4.77. The summed E-state index contributed by atoms with van der Waals surface area (Å²) in [5.74, 6) is 0.749. The van der Waals surface area contributed by atoms with Gasteiger partial charge in [-0.2, -0.15) is 0 Å². The Morgan fingerprint density at radius 1 is 1.30 bits per heavy atom. The van der Waals surface area contributed by atoms with Crippen LogP contribution in [0.4, 0.5) is 0 Å². The fourth-order valence-electron chi connectivity index (χ4n) is 0.970. The van der Waals surface area contributed by atoms with E-state index < -0.39 is 0 Å². The van der Waals surface area contributed by atoms with Crippen LogP contribution in [0.3, 0.4) is 0 Å². The Bertz CT molecular complexity index is 71.7. The third-order valence-electron chi connectivity index (χ3n) is 1.35. The van der Waals surface area contributed by atoms with Crippen LogP contribution in [-0.4, -0.2) is 24.6 Å². The molecule has 0 unspecified atom stereocenters. The second kappa shape index (κ2) is 5.69. The Hall–Kier alpha value is -0.0800. The van der Waals surface area contributed by atoms with Crippen molar-refractivity contribution in [3.05, 3.63) is 0 Å². The molecular weight excluding hydrogens is 124 g/mol. The van der Waals surface area contributed by atoms with E-state index in [-0.39, 0.29) is 0 Å². The molecule has 0 amide bonds. The molecule has 0 aliphatic carbocycles. The molecule has 10 heavy (non-hydrogen) atoms. The number of nitrogens with zero attached hydrogens (tertiary/aromatic N) is 1. The minimum absolute atomic E-state index is 0.749. The minimum Gasteiger partial charge on any atom is -0.255 e. The van der Waals surface area contributed by atoms with Gasteiger partial charge in [-0.05, 0) is 5.92 Å². The van der Waals surface area contributed by atoms with Crippen LogP contribution in [0, 0.1) is 5.92 Å². The minimum atomic E-state index is 0.749. The zero-order valence-electron chi connectivity index (χ0n) is 7.65. The second-order valence-electron chi connectivity index (χ2n) is 2.94. The molecule has 0 saturated carbocycles. The molecule has 62 valence electrons. The van der Waals surface area contributed by atoms with Gasteiger partial charge in [0.15, 0.2) is 0 Å². The Labute approximate surface area is 64.6 Å². The Balaban J connectivity index is 3.39. The third-order valence-corrected chi connectivity index (χ3v) is 1.35. The van der Waals surface area contributed by atoms with E-state index in [2.05, 4.69) is 38.1 Å². The molecule has 0 fully saturated rings. The van der Waals surface area contributed by atoms with Gasteiger partial charge in [0.05, 0.1) is 0 Å². The molecule has 0 aromatic heterocycles. The molecule has 0 heterocycles. The highest BCUT2D eigenvalue weighted by Crippen LogP contribution is 1.93. The zero-order valence-corrected chi connectivity index (χ0v) is 7.65. The van der Waals surface area contributed by atoms with Crippen LogP contribution in [0.2, 0.25) is 0 Å². The summed E-state index contributed by atoms with van der Waals surface area (Å²) in [5.41, 5.74) is 3.30. The molecule has 0 rings (SSSR count). The SMILES string of the molecule is CCNN(CC)CC(C)C. The van der Waals surface area contributed by atoms with Crippen LogP contribution in [0.25, 0.3) is 0 Å². The largest absolute Gasteiger partial charge is 0.255 e. The van der Waals surface area contributed by atoms with E-state index in [1.807, 2.05) is 0 Å². The average Bonchev–Trinajstić information content (AvgIpc) is 1.86. The Kier molecular flexibility index (Phi) is 5.64. The molecule has 0 atom stereocenters. The van der Waals surface area contributed by atoms with Crippen molar-refractivity contribution in [1.82, 2.24) is 10.4 Å². The average molecular weight is 144 g/mol. The summed E-state index contributed by atoms with van der Waals surface area (Å²) >= 11 is 0. The number of hydrogen-bond donors (Lipinski definition) is 1.